The molecule has 0 bridgehead atoms. The number of anilines is 1. The Kier molecular flexibility index (Phi) is 1.98. The molecule has 0 aliphatic heterocycles. The molecule has 0 spiro atoms. The molecule has 2 N–H and O–H groups in total. The maximum absolute atomic E-state index is 5.56. The van der Waals surface area contributed by atoms with Crippen molar-refractivity contribution in [3.8, 4) is 10.7 Å². The minimum absolute atomic E-state index is 0.510. The summed E-state index contributed by atoms with van der Waals surface area (Å²) in [5.41, 5.74) is 5.56. The first kappa shape index (κ1) is 8.19. The Morgan fingerprint density at radius 1 is 1.31 bits per heavy atom. The Morgan fingerprint density at radius 3 is 2.77 bits per heavy atom. The third kappa shape index (κ3) is 1.67. The van der Waals surface area contributed by atoms with Gasteiger partial charge in [0.15, 0.2) is 5.82 Å². The molecule has 0 saturated heterocycles. The summed E-state index contributed by atoms with van der Waals surface area (Å²) < 4.78 is 0. The van der Waals surface area contributed by atoms with Gasteiger partial charge < -0.3 is 5.73 Å². The van der Waals surface area contributed by atoms with Crippen molar-refractivity contribution in [2.75, 3.05) is 5.73 Å². The molecule has 2 aromatic heterocycles. The van der Waals surface area contributed by atoms with E-state index < -0.39 is 0 Å². The van der Waals surface area contributed by atoms with Crippen LogP contribution in [0.3, 0.4) is 0 Å². The van der Waals surface area contributed by atoms with E-state index in [1.165, 1.54) is 4.88 Å². The zero-order valence-electron chi connectivity index (χ0n) is 7.19. The molecule has 2 heterocycles. The van der Waals surface area contributed by atoms with Crippen molar-refractivity contribution < 1.29 is 0 Å². The van der Waals surface area contributed by atoms with E-state index >= 15 is 0 Å². The summed E-state index contributed by atoms with van der Waals surface area (Å²) in [6.45, 7) is 2.06. The molecule has 3 nitrogen and oxygen atoms in total. The van der Waals surface area contributed by atoms with E-state index in [0.717, 1.165) is 4.88 Å². The van der Waals surface area contributed by atoms with Gasteiger partial charge in [0.1, 0.15) is 5.82 Å². The van der Waals surface area contributed by atoms with Gasteiger partial charge in [-0.1, -0.05) is 0 Å². The zero-order valence-corrected chi connectivity index (χ0v) is 8.01. The highest BCUT2D eigenvalue weighted by Crippen LogP contribution is 2.24. The number of hydrogen-bond acceptors (Lipinski definition) is 4. The second kappa shape index (κ2) is 3.14. The number of nitrogen functional groups attached to an aromatic ring is 1. The van der Waals surface area contributed by atoms with Gasteiger partial charge in [-0.05, 0) is 25.1 Å². The first-order valence-electron chi connectivity index (χ1n) is 3.91. The molecule has 2 rings (SSSR count). The van der Waals surface area contributed by atoms with Gasteiger partial charge in [-0.3, -0.25) is 0 Å². The highest BCUT2D eigenvalue weighted by Gasteiger charge is 2.02. The molecule has 13 heavy (non-hydrogen) atoms. The standard InChI is InChI=1S/C9H9N3S/c1-6-2-3-7(13-6)9-11-5-4-8(10)12-9/h2-5H,1H3,(H2,10,11,12). The predicted octanol–water partition coefficient (Wildman–Crippen LogP) is 2.10. The number of nitrogens with two attached hydrogens (primary N) is 1. The summed E-state index contributed by atoms with van der Waals surface area (Å²) in [7, 11) is 0. The predicted molar refractivity (Wildman–Crippen MR) is 54.5 cm³/mol. The minimum atomic E-state index is 0.510. The van der Waals surface area contributed by atoms with Crippen molar-refractivity contribution in [2.45, 2.75) is 6.92 Å². The molecule has 0 fully saturated rings. The summed E-state index contributed by atoms with van der Waals surface area (Å²) in [4.78, 5) is 10.6. The van der Waals surface area contributed by atoms with E-state index in [-0.39, 0.29) is 0 Å². The maximum Gasteiger partial charge on any atom is 0.171 e. The van der Waals surface area contributed by atoms with Crippen molar-refractivity contribution in [1.82, 2.24) is 9.97 Å². The van der Waals surface area contributed by atoms with Crippen LogP contribution in [0, 0.1) is 6.92 Å². The molecular formula is C9H9N3S. The molecule has 0 radical (unpaired) electrons. The van der Waals surface area contributed by atoms with Gasteiger partial charge >= 0.3 is 0 Å². The number of hydrogen-bond donors (Lipinski definition) is 1. The molecule has 66 valence electrons. The molecule has 4 heteroatoms. The van der Waals surface area contributed by atoms with Crippen LogP contribution < -0.4 is 5.73 Å². The highest BCUT2D eigenvalue weighted by molar-refractivity contribution is 7.15. The second-order valence-electron chi connectivity index (χ2n) is 2.72. The summed E-state index contributed by atoms with van der Waals surface area (Å²) in [6, 6.07) is 5.74. The Hall–Kier alpha value is -1.42. The molecule has 0 aliphatic rings. The van der Waals surface area contributed by atoms with Gasteiger partial charge in [-0.25, -0.2) is 9.97 Å². The summed E-state index contributed by atoms with van der Waals surface area (Å²) >= 11 is 1.67. The fourth-order valence-electron chi connectivity index (χ4n) is 1.05. The Labute approximate surface area is 80.3 Å². The normalized spacial score (nSPS) is 10.2. The molecule has 0 saturated carbocycles. The lowest BCUT2D eigenvalue weighted by atomic mass is 10.4. The Balaban J connectivity index is 2.46. The highest BCUT2D eigenvalue weighted by atomic mass is 32.1. The van der Waals surface area contributed by atoms with Crippen LogP contribution in [0.5, 0.6) is 0 Å². The molecular weight excluding hydrogens is 182 g/mol. The van der Waals surface area contributed by atoms with Crippen molar-refractivity contribution >= 4 is 17.2 Å². The van der Waals surface area contributed by atoms with Crippen LogP contribution in [0.2, 0.25) is 0 Å². The van der Waals surface area contributed by atoms with E-state index in [4.69, 9.17) is 5.73 Å². The van der Waals surface area contributed by atoms with Crippen molar-refractivity contribution in [3.63, 3.8) is 0 Å². The number of thiophene rings is 1. The second-order valence-corrected chi connectivity index (χ2v) is 4.00. The van der Waals surface area contributed by atoms with Crippen LogP contribution in [-0.4, -0.2) is 9.97 Å². The number of nitrogens with zero attached hydrogens (tertiary/aromatic N) is 2. The fraction of sp³-hybridized carbons (Fsp3) is 0.111. The lowest BCUT2D eigenvalue weighted by Gasteiger charge is -1.95. The summed E-state index contributed by atoms with van der Waals surface area (Å²) in [5, 5.41) is 0. The minimum Gasteiger partial charge on any atom is -0.384 e. The average Bonchev–Trinajstić information content (AvgIpc) is 2.52. The Morgan fingerprint density at radius 2 is 2.15 bits per heavy atom. The molecule has 0 atom stereocenters. The lowest BCUT2D eigenvalue weighted by Crippen LogP contribution is -1.92. The van der Waals surface area contributed by atoms with E-state index in [0.29, 0.717) is 11.6 Å². The van der Waals surface area contributed by atoms with Crippen LogP contribution in [0.15, 0.2) is 24.4 Å². The molecule has 0 aliphatic carbocycles. The topological polar surface area (TPSA) is 51.8 Å². The van der Waals surface area contributed by atoms with Crippen LogP contribution in [0.4, 0.5) is 5.82 Å². The monoisotopic (exact) mass is 191 g/mol. The molecule has 2 aromatic rings. The van der Waals surface area contributed by atoms with Crippen LogP contribution in [0.25, 0.3) is 10.7 Å². The molecule has 0 aromatic carbocycles. The molecule has 0 unspecified atom stereocenters. The quantitative estimate of drug-likeness (QED) is 0.751. The van der Waals surface area contributed by atoms with Gasteiger partial charge in [0.05, 0.1) is 4.88 Å². The molecule has 0 amide bonds. The first-order valence-corrected chi connectivity index (χ1v) is 4.73. The van der Waals surface area contributed by atoms with Gasteiger partial charge in [-0.15, -0.1) is 11.3 Å². The third-order valence-electron chi connectivity index (χ3n) is 1.64. The van der Waals surface area contributed by atoms with E-state index in [1.54, 1.807) is 23.6 Å². The van der Waals surface area contributed by atoms with Crippen molar-refractivity contribution in [1.29, 1.82) is 0 Å². The van der Waals surface area contributed by atoms with Crippen LogP contribution in [0.1, 0.15) is 4.88 Å². The average molecular weight is 191 g/mol. The van der Waals surface area contributed by atoms with E-state index in [1.807, 2.05) is 12.1 Å². The van der Waals surface area contributed by atoms with Crippen molar-refractivity contribution in [3.05, 3.63) is 29.3 Å². The zero-order chi connectivity index (χ0) is 9.26. The van der Waals surface area contributed by atoms with Gasteiger partial charge in [0.2, 0.25) is 0 Å². The maximum atomic E-state index is 5.56. The smallest absolute Gasteiger partial charge is 0.171 e. The number of aryl methyl sites for hydroxylation is 1. The SMILES string of the molecule is Cc1ccc(-c2nccc(N)n2)s1. The summed E-state index contributed by atoms with van der Waals surface area (Å²) in [6.07, 6.45) is 1.67. The lowest BCUT2D eigenvalue weighted by molar-refractivity contribution is 1.19. The van der Waals surface area contributed by atoms with Crippen molar-refractivity contribution in [2.24, 2.45) is 0 Å². The number of aromatic nitrogens is 2. The number of rotatable bonds is 1. The van der Waals surface area contributed by atoms with Crippen LogP contribution >= 0.6 is 11.3 Å². The third-order valence-corrected chi connectivity index (χ3v) is 2.63. The van der Waals surface area contributed by atoms with Gasteiger partial charge in [0, 0.05) is 11.1 Å². The first-order chi connectivity index (χ1) is 6.25. The van der Waals surface area contributed by atoms with E-state index in [2.05, 4.69) is 16.9 Å². The largest absolute Gasteiger partial charge is 0.384 e. The van der Waals surface area contributed by atoms with Crippen LogP contribution in [-0.2, 0) is 0 Å². The fourth-order valence-corrected chi connectivity index (χ4v) is 1.85. The Bertz CT molecular complexity index is 422. The van der Waals surface area contributed by atoms with Gasteiger partial charge in [-0.2, -0.15) is 0 Å². The van der Waals surface area contributed by atoms with E-state index in [9.17, 15) is 0 Å². The van der Waals surface area contributed by atoms with Gasteiger partial charge in [0.25, 0.3) is 0 Å². The summed E-state index contributed by atoms with van der Waals surface area (Å²) in [5.74, 6) is 1.22.